The molecule has 1 saturated heterocycles. The van der Waals surface area contributed by atoms with Crippen molar-refractivity contribution >= 4 is 6.09 Å². The minimum atomic E-state index is -4.51. The van der Waals surface area contributed by atoms with Crippen LogP contribution in [0, 0.1) is 0 Å². The number of hydrogen-bond donors (Lipinski definition) is 0. The van der Waals surface area contributed by atoms with E-state index in [1.54, 1.807) is 0 Å². The van der Waals surface area contributed by atoms with Crippen LogP contribution in [0.2, 0.25) is 0 Å². The first-order valence-electron chi connectivity index (χ1n) is 11.5. The van der Waals surface area contributed by atoms with E-state index in [1.165, 1.54) is 18.1 Å². The van der Waals surface area contributed by atoms with Gasteiger partial charge in [-0.15, -0.1) is 0 Å². The van der Waals surface area contributed by atoms with E-state index in [0.29, 0.717) is 28.9 Å². The van der Waals surface area contributed by atoms with Crippen molar-refractivity contribution in [1.29, 1.82) is 0 Å². The molecule has 0 saturated carbocycles. The maximum absolute atomic E-state index is 13.6. The van der Waals surface area contributed by atoms with E-state index in [0.717, 1.165) is 23.3 Å². The van der Waals surface area contributed by atoms with Crippen LogP contribution in [0.3, 0.4) is 0 Å². The number of ether oxygens (including phenoxy) is 2. The molecule has 4 rings (SSSR count). The average molecular weight is 484 g/mol. The van der Waals surface area contributed by atoms with E-state index >= 15 is 0 Å². The van der Waals surface area contributed by atoms with Gasteiger partial charge in [0.1, 0.15) is 12.4 Å². The molecule has 1 aliphatic rings. The lowest BCUT2D eigenvalue weighted by atomic mass is 9.92. The largest absolute Gasteiger partial charge is 0.496 e. The van der Waals surface area contributed by atoms with Crippen LogP contribution in [0.1, 0.15) is 42.0 Å². The van der Waals surface area contributed by atoms with Gasteiger partial charge in [-0.1, -0.05) is 56.3 Å². The monoisotopic (exact) mass is 483 g/mol. The Balaban J connectivity index is 1.77. The van der Waals surface area contributed by atoms with Crippen LogP contribution in [0.15, 0.2) is 66.7 Å². The summed E-state index contributed by atoms with van der Waals surface area (Å²) in [6.45, 7) is 4.28. The predicted molar refractivity (Wildman–Crippen MR) is 128 cm³/mol. The van der Waals surface area contributed by atoms with E-state index in [2.05, 4.69) is 0 Å². The van der Waals surface area contributed by atoms with Gasteiger partial charge in [0.15, 0.2) is 0 Å². The number of hydrogen-bond acceptors (Lipinski definition) is 3. The number of carbonyl (C=O) groups is 1. The van der Waals surface area contributed by atoms with Crippen LogP contribution in [0.4, 0.5) is 18.0 Å². The minimum absolute atomic E-state index is 0.00928. The Kier molecular flexibility index (Phi) is 7.05. The van der Waals surface area contributed by atoms with Crippen LogP contribution in [0.5, 0.6) is 5.75 Å². The highest BCUT2D eigenvalue weighted by Gasteiger charge is 2.35. The second kappa shape index (κ2) is 10.0. The number of carbonyl (C=O) groups excluding carboxylic acids is 1. The zero-order valence-electron chi connectivity index (χ0n) is 19.9. The van der Waals surface area contributed by atoms with Gasteiger partial charge in [0, 0.05) is 5.56 Å². The SMILES string of the molecule is COc1ccc(C(C)C)cc1-c1ccc(C(F)(F)F)cc1CN1C(=O)OC[C@H]1Cc1ccccc1. The lowest BCUT2D eigenvalue weighted by Gasteiger charge is -2.24. The number of halogens is 3. The molecule has 184 valence electrons. The molecule has 4 nitrogen and oxygen atoms in total. The molecule has 1 atom stereocenters. The third kappa shape index (κ3) is 5.45. The van der Waals surface area contributed by atoms with Crippen molar-refractivity contribution in [2.45, 2.75) is 44.9 Å². The molecule has 1 amide bonds. The maximum atomic E-state index is 13.6. The predicted octanol–water partition coefficient (Wildman–Crippen LogP) is 7.07. The lowest BCUT2D eigenvalue weighted by molar-refractivity contribution is -0.137. The minimum Gasteiger partial charge on any atom is -0.496 e. The highest BCUT2D eigenvalue weighted by molar-refractivity contribution is 5.76. The average Bonchev–Trinajstić information content (AvgIpc) is 3.17. The zero-order chi connectivity index (χ0) is 25.2. The van der Waals surface area contributed by atoms with Gasteiger partial charge >= 0.3 is 12.3 Å². The van der Waals surface area contributed by atoms with E-state index in [4.69, 9.17) is 9.47 Å². The Morgan fingerprint density at radius 1 is 1.03 bits per heavy atom. The van der Waals surface area contributed by atoms with Crippen molar-refractivity contribution < 1.29 is 27.4 Å². The Labute approximate surface area is 203 Å². The van der Waals surface area contributed by atoms with Gasteiger partial charge < -0.3 is 9.47 Å². The molecule has 3 aromatic carbocycles. The fourth-order valence-electron chi connectivity index (χ4n) is 4.38. The number of alkyl halides is 3. The van der Waals surface area contributed by atoms with Crippen LogP contribution in [-0.2, 0) is 23.9 Å². The van der Waals surface area contributed by atoms with Crippen molar-refractivity contribution in [1.82, 2.24) is 4.90 Å². The summed E-state index contributed by atoms with van der Waals surface area (Å²) in [6.07, 6.45) is -4.49. The lowest BCUT2D eigenvalue weighted by Crippen LogP contribution is -2.34. The molecule has 0 spiro atoms. The van der Waals surface area contributed by atoms with Crippen molar-refractivity contribution in [2.75, 3.05) is 13.7 Å². The van der Waals surface area contributed by atoms with E-state index in [1.807, 2.05) is 62.4 Å². The first-order valence-corrected chi connectivity index (χ1v) is 11.5. The summed E-state index contributed by atoms with van der Waals surface area (Å²) < 4.78 is 51.8. The number of cyclic esters (lactones) is 1. The first-order chi connectivity index (χ1) is 16.7. The van der Waals surface area contributed by atoms with Crippen molar-refractivity contribution in [3.05, 3.63) is 89.0 Å². The van der Waals surface area contributed by atoms with Gasteiger partial charge in [-0.3, -0.25) is 4.90 Å². The van der Waals surface area contributed by atoms with Gasteiger partial charge in [0.2, 0.25) is 0 Å². The van der Waals surface area contributed by atoms with Crippen molar-refractivity contribution in [2.24, 2.45) is 0 Å². The van der Waals surface area contributed by atoms with Gasteiger partial charge in [0.25, 0.3) is 0 Å². The van der Waals surface area contributed by atoms with Crippen LogP contribution >= 0.6 is 0 Å². The summed E-state index contributed by atoms with van der Waals surface area (Å²) in [4.78, 5) is 14.2. The molecule has 1 heterocycles. The molecule has 0 radical (unpaired) electrons. The highest BCUT2D eigenvalue weighted by atomic mass is 19.4. The van der Waals surface area contributed by atoms with Gasteiger partial charge in [-0.2, -0.15) is 13.2 Å². The van der Waals surface area contributed by atoms with Crippen molar-refractivity contribution in [3.8, 4) is 16.9 Å². The van der Waals surface area contributed by atoms with Crippen LogP contribution in [-0.4, -0.2) is 30.8 Å². The first kappa shape index (κ1) is 24.6. The summed E-state index contributed by atoms with van der Waals surface area (Å²) in [6, 6.07) is 18.8. The molecule has 35 heavy (non-hydrogen) atoms. The summed E-state index contributed by atoms with van der Waals surface area (Å²) in [5.74, 6) is 0.779. The second-order valence-electron chi connectivity index (χ2n) is 9.03. The second-order valence-corrected chi connectivity index (χ2v) is 9.03. The molecule has 0 bridgehead atoms. The molecule has 0 N–H and O–H groups in total. The number of amides is 1. The summed E-state index contributed by atoms with van der Waals surface area (Å²) in [7, 11) is 1.53. The molecule has 3 aromatic rings. The Hall–Kier alpha value is -3.48. The number of methoxy groups -OCH3 is 1. The fourth-order valence-corrected chi connectivity index (χ4v) is 4.38. The topological polar surface area (TPSA) is 38.8 Å². The molecular weight excluding hydrogens is 455 g/mol. The normalized spacial score (nSPS) is 16.0. The smallest absolute Gasteiger partial charge is 0.416 e. The summed E-state index contributed by atoms with van der Waals surface area (Å²) in [5, 5.41) is 0. The fraction of sp³-hybridized carbons (Fsp3) is 0.321. The summed E-state index contributed by atoms with van der Waals surface area (Å²) in [5.41, 5.74) is 2.97. The van der Waals surface area contributed by atoms with Gasteiger partial charge in [-0.05, 0) is 58.9 Å². The molecule has 0 aliphatic carbocycles. The summed E-state index contributed by atoms with van der Waals surface area (Å²) >= 11 is 0. The number of nitrogens with zero attached hydrogens (tertiary/aromatic N) is 1. The van der Waals surface area contributed by atoms with E-state index < -0.39 is 17.8 Å². The van der Waals surface area contributed by atoms with E-state index in [-0.39, 0.29) is 25.1 Å². The molecule has 0 unspecified atom stereocenters. The Morgan fingerprint density at radius 2 is 1.77 bits per heavy atom. The standard InChI is InChI=1S/C28H28F3NO3/c1-18(2)20-9-12-26(34-3)25(15-20)24-11-10-22(28(29,30)31)14-21(24)16-32-23(17-35-27(32)33)13-19-7-5-4-6-8-19/h4-12,14-15,18,23H,13,16-17H2,1-3H3/t23-/m1/s1. The van der Waals surface area contributed by atoms with Crippen LogP contribution < -0.4 is 4.74 Å². The van der Waals surface area contributed by atoms with Crippen molar-refractivity contribution in [3.63, 3.8) is 0 Å². The molecule has 0 aromatic heterocycles. The quantitative estimate of drug-likeness (QED) is 0.361. The number of rotatable bonds is 7. The van der Waals surface area contributed by atoms with Gasteiger partial charge in [-0.25, -0.2) is 4.79 Å². The molecule has 7 heteroatoms. The molecule has 1 fully saturated rings. The van der Waals surface area contributed by atoms with Gasteiger partial charge in [0.05, 0.1) is 25.3 Å². The van der Waals surface area contributed by atoms with E-state index in [9.17, 15) is 18.0 Å². The maximum Gasteiger partial charge on any atom is 0.416 e. The zero-order valence-corrected chi connectivity index (χ0v) is 19.9. The Bertz CT molecular complexity index is 1190. The Morgan fingerprint density at radius 3 is 2.43 bits per heavy atom. The molecule has 1 aliphatic heterocycles. The third-order valence-corrected chi connectivity index (χ3v) is 6.34. The third-order valence-electron chi connectivity index (χ3n) is 6.34. The van der Waals surface area contributed by atoms with Crippen LogP contribution in [0.25, 0.3) is 11.1 Å². The molecular formula is C28H28F3NO3. The number of benzene rings is 3. The highest BCUT2D eigenvalue weighted by Crippen LogP contribution is 2.39.